The number of phosphoric ester groups is 2. The Labute approximate surface area is 575 Å². The molecule has 0 aliphatic rings. The second-order valence-corrected chi connectivity index (χ2v) is 31.6. The van der Waals surface area contributed by atoms with Crippen LogP contribution in [0.1, 0.15) is 376 Å². The number of esters is 4. The predicted molar refractivity (Wildman–Crippen MR) is 381 cm³/mol. The molecular formula is C75H146O17P2. The van der Waals surface area contributed by atoms with Gasteiger partial charge in [0.2, 0.25) is 0 Å². The van der Waals surface area contributed by atoms with E-state index in [1.807, 2.05) is 0 Å². The van der Waals surface area contributed by atoms with E-state index in [1.54, 1.807) is 0 Å². The van der Waals surface area contributed by atoms with Crippen molar-refractivity contribution in [1.29, 1.82) is 0 Å². The highest BCUT2D eigenvalue weighted by Crippen LogP contribution is 2.45. The Balaban J connectivity index is 5.20. The standard InChI is InChI=1S/C75H146O17P2/c1-9-68(8)54-46-38-30-22-18-14-10-11-15-20-24-32-41-49-57-74(79)91-70(62-86-73(78)56-48-40-33-25-28-36-44-52-66(4)5)63-89-93(81,82)87-59-69(76)60-88-94(83,84)90-64-71(92-75(80)58-50-42-34-26-29-37-45-53-67(6)7)61-85-72(77)55-47-39-31-23-19-16-12-13-17-21-27-35-43-51-65(2)3/h65-71,76H,9-64H2,1-8H3,(H,81,82)(H,83,84)/t68?,69?,70-,71-/m1/s1. The van der Waals surface area contributed by atoms with Crippen LogP contribution in [0, 0.1) is 23.7 Å². The van der Waals surface area contributed by atoms with Crippen molar-refractivity contribution >= 4 is 39.5 Å². The van der Waals surface area contributed by atoms with Crippen LogP contribution in [0.5, 0.6) is 0 Å². The van der Waals surface area contributed by atoms with E-state index in [-0.39, 0.29) is 25.7 Å². The van der Waals surface area contributed by atoms with Crippen molar-refractivity contribution in [2.75, 3.05) is 39.6 Å². The SMILES string of the molecule is CCC(C)CCCCCCCCCCCCCCCCC(=O)O[C@H](COC(=O)CCCCCCCCCC(C)C)COP(=O)(O)OCC(O)COP(=O)(O)OC[C@@H](COC(=O)CCCCCCCCCCCCCCCC(C)C)OC(=O)CCCCCCCCCC(C)C. The maximum atomic E-state index is 13.0. The molecule has 0 amide bonds. The second kappa shape index (κ2) is 64.4. The second-order valence-electron chi connectivity index (χ2n) is 28.7. The lowest BCUT2D eigenvalue weighted by Crippen LogP contribution is -2.30. The first-order chi connectivity index (χ1) is 45.1. The fourth-order valence-corrected chi connectivity index (χ4v) is 12.9. The van der Waals surface area contributed by atoms with Crippen molar-refractivity contribution in [3.8, 4) is 0 Å². The highest BCUT2D eigenvalue weighted by Gasteiger charge is 2.30. The summed E-state index contributed by atoms with van der Waals surface area (Å²) in [7, 11) is -9.91. The number of carbonyl (C=O) groups is 4. The molecule has 0 fully saturated rings. The molecule has 17 nitrogen and oxygen atoms in total. The summed E-state index contributed by atoms with van der Waals surface area (Å²) in [5, 5.41) is 10.6. The van der Waals surface area contributed by atoms with E-state index >= 15 is 0 Å². The van der Waals surface area contributed by atoms with Gasteiger partial charge in [0, 0.05) is 25.7 Å². The van der Waals surface area contributed by atoms with Gasteiger partial charge in [0.25, 0.3) is 0 Å². The zero-order valence-corrected chi connectivity index (χ0v) is 63.4. The minimum Gasteiger partial charge on any atom is -0.462 e. The van der Waals surface area contributed by atoms with Gasteiger partial charge < -0.3 is 33.8 Å². The highest BCUT2D eigenvalue weighted by atomic mass is 31.2. The average Bonchev–Trinajstić information content (AvgIpc) is 1.21. The molecule has 0 bridgehead atoms. The van der Waals surface area contributed by atoms with Gasteiger partial charge in [0.15, 0.2) is 12.2 Å². The molecule has 94 heavy (non-hydrogen) atoms. The van der Waals surface area contributed by atoms with E-state index in [1.165, 1.54) is 173 Å². The van der Waals surface area contributed by atoms with E-state index in [0.29, 0.717) is 37.5 Å². The predicted octanol–water partition coefficient (Wildman–Crippen LogP) is 21.7. The van der Waals surface area contributed by atoms with Crippen LogP contribution in [0.2, 0.25) is 0 Å². The number of hydrogen-bond donors (Lipinski definition) is 3. The lowest BCUT2D eigenvalue weighted by atomic mass is 9.99. The average molecular weight is 1380 g/mol. The quantitative estimate of drug-likeness (QED) is 0.0222. The third-order valence-corrected chi connectivity index (χ3v) is 19.6. The smallest absolute Gasteiger partial charge is 0.462 e. The molecule has 0 saturated heterocycles. The summed E-state index contributed by atoms with van der Waals surface area (Å²) >= 11 is 0. The maximum Gasteiger partial charge on any atom is 0.472 e. The molecule has 4 unspecified atom stereocenters. The normalized spacial score (nSPS) is 14.4. The fraction of sp³-hybridized carbons (Fsp3) is 0.947. The molecule has 0 heterocycles. The first-order valence-corrected chi connectivity index (χ1v) is 41.7. The topological polar surface area (TPSA) is 237 Å². The molecule has 0 saturated carbocycles. The van der Waals surface area contributed by atoms with Crippen molar-refractivity contribution in [2.45, 2.75) is 395 Å². The van der Waals surface area contributed by atoms with Crippen molar-refractivity contribution in [2.24, 2.45) is 23.7 Å². The van der Waals surface area contributed by atoms with Crippen LogP contribution >= 0.6 is 15.6 Å². The van der Waals surface area contributed by atoms with Crippen LogP contribution < -0.4 is 0 Å². The largest absolute Gasteiger partial charge is 0.472 e. The Morgan fingerprint density at radius 3 is 0.755 bits per heavy atom. The molecular weight excluding hydrogens is 1230 g/mol. The van der Waals surface area contributed by atoms with Crippen LogP contribution in [0.25, 0.3) is 0 Å². The molecule has 0 aliphatic heterocycles. The van der Waals surface area contributed by atoms with Gasteiger partial charge in [-0.3, -0.25) is 37.3 Å². The van der Waals surface area contributed by atoms with E-state index < -0.39 is 97.5 Å². The van der Waals surface area contributed by atoms with Gasteiger partial charge in [0.05, 0.1) is 26.4 Å². The molecule has 3 N–H and O–H groups in total. The van der Waals surface area contributed by atoms with Gasteiger partial charge >= 0.3 is 39.5 Å². The lowest BCUT2D eigenvalue weighted by molar-refractivity contribution is -0.161. The summed E-state index contributed by atoms with van der Waals surface area (Å²) in [6.45, 7) is 14.1. The Morgan fingerprint density at radius 1 is 0.298 bits per heavy atom. The summed E-state index contributed by atoms with van der Waals surface area (Å²) < 4.78 is 68.4. The van der Waals surface area contributed by atoms with Crippen LogP contribution in [0.15, 0.2) is 0 Å². The Bertz CT molecular complexity index is 1850. The zero-order valence-electron chi connectivity index (χ0n) is 61.6. The minimum atomic E-state index is -4.96. The van der Waals surface area contributed by atoms with Gasteiger partial charge in [-0.25, -0.2) is 9.13 Å². The van der Waals surface area contributed by atoms with Crippen molar-refractivity contribution in [1.82, 2.24) is 0 Å². The molecule has 0 radical (unpaired) electrons. The van der Waals surface area contributed by atoms with Gasteiger partial charge in [-0.2, -0.15) is 0 Å². The summed E-state index contributed by atoms with van der Waals surface area (Å²) in [6.07, 6.45) is 48.7. The molecule has 0 spiro atoms. The van der Waals surface area contributed by atoms with Crippen LogP contribution in [0.4, 0.5) is 0 Å². The third-order valence-electron chi connectivity index (χ3n) is 17.7. The number of aliphatic hydroxyl groups is 1. The number of aliphatic hydroxyl groups excluding tert-OH is 1. The van der Waals surface area contributed by atoms with Crippen LogP contribution in [-0.2, 0) is 65.4 Å². The first-order valence-electron chi connectivity index (χ1n) is 38.7. The molecule has 0 aromatic heterocycles. The molecule has 19 heteroatoms. The molecule has 0 aliphatic carbocycles. The Morgan fingerprint density at radius 2 is 0.511 bits per heavy atom. The number of ether oxygens (including phenoxy) is 4. The van der Waals surface area contributed by atoms with E-state index in [4.69, 9.17) is 37.0 Å². The molecule has 6 atom stereocenters. The minimum absolute atomic E-state index is 0.103. The summed E-state index contributed by atoms with van der Waals surface area (Å²) in [5.74, 6) is 0.913. The van der Waals surface area contributed by atoms with E-state index in [9.17, 15) is 43.2 Å². The Kier molecular flexibility index (Phi) is 63.1. The van der Waals surface area contributed by atoms with Gasteiger partial charge in [-0.15, -0.1) is 0 Å². The van der Waals surface area contributed by atoms with Crippen LogP contribution in [0.3, 0.4) is 0 Å². The number of hydrogen-bond acceptors (Lipinski definition) is 15. The van der Waals surface area contributed by atoms with Crippen molar-refractivity contribution in [3.05, 3.63) is 0 Å². The maximum absolute atomic E-state index is 13.0. The van der Waals surface area contributed by atoms with Crippen LogP contribution in [-0.4, -0.2) is 96.7 Å². The number of rotatable bonds is 72. The zero-order chi connectivity index (χ0) is 69.6. The molecule has 0 aromatic carbocycles. The van der Waals surface area contributed by atoms with Gasteiger partial charge in [0.1, 0.15) is 19.3 Å². The molecule has 558 valence electrons. The summed E-state index contributed by atoms with van der Waals surface area (Å²) in [6, 6.07) is 0. The van der Waals surface area contributed by atoms with E-state index in [2.05, 4.69) is 55.4 Å². The summed E-state index contributed by atoms with van der Waals surface area (Å²) in [4.78, 5) is 72.7. The lowest BCUT2D eigenvalue weighted by Gasteiger charge is -2.21. The number of unbranched alkanes of at least 4 members (excludes halogenated alkanes) is 37. The number of carbonyl (C=O) groups excluding carboxylic acids is 4. The van der Waals surface area contributed by atoms with Crippen molar-refractivity contribution < 1.29 is 80.2 Å². The van der Waals surface area contributed by atoms with Crippen molar-refractivity contribution in [3.63, 3.8) is 0 Å². The van der Waals surface area contributed by atoms with E-state index in [0.717, 1.165) is 108 Å². The fourth-order valence-electron chi connectivity index (χ4n) is 11.3. The monoisotopic (exact) mass is 1380 g/mol. The third kappa shape index (κ3) is 67.3. The van der Waals surface area contributed by atoms with Gasteiger partial charge in [-0.05, 0) is 49.4 Å². The van der Waals surface area contributed by atoms with Gasteiger partial charge in [-0.1, -0.05) is 325 Å². The first kappa shape index (κ1) is 92.1. The number of phosphoric acid groups is 2. The summed E-state index contributed by atoms with van der Waals surface area (Å²) in [5.41, 5.74) is 0. The highest BCUT2D eigenvalue weighted by molar-refractivity contribution is 7.47. The molecule has 0 aromatic rings. The Hall–Kier alpha value is -1.94. The molecule has 0 rings (SSSR count).